The molecule has 1 aliphatic rings. The number of benzene rings is 1. The van der Waals surface area contributed by atoms with Crippen molar-refractivity contribution in [2.24, 2.45) is 0 Å². The number of halogens is 4. The highest BCUT2D eigenvalue weighted by Gasteiger charge is 2.29. The van der Waals surface area contributed by atoms with Gasteiger partial charge in [-0.25, -0.2) is 13.4 Å². The second kappa shape index (κ2) is 10.0. The van der Waals surface area contributed by atoms with Crippen LogP contribution in [0.5, 0.6) is 5.88 Å². The van der Waals surface area contributed by atoms with Gasteiger partial charge >= 0.3 is 6.18 Å². The molecule has 2 heterocycles. The van der Waals surface area contributed by atoms with E-state index in [0.29, 0.717) is 0 Å². The molecule has 1 saturated heterocycles. The number of rotatable bonds is 7. The summed E-state index contributed by atoms with van der Waals surface area (Å²) in [4.78, 5) is 16.3. The van der Waals surface area contributed by atoms with Crippen molar-refractivity contribution in [2.75, 3.05) is 32.9 Å². The Morgan fingerprint density at radius 3 is 2.66 bits per heavy atom. The van der Waals surface area contributed by atoms with Crippen molar-refractivity contribution in [3.63, 3.8) is 0 Å². The molecular formula is C19H19ClF3N3O5S. The van der Waals surface area contributed by atoms with Crippen molar-refractivity contribution in [3.8, 4) is 5.88 Å². The summed E-state index contributed by atoms with van der Waals surface area (Å²) in [6.07, 6.45) is -3.29. The van der Waals surface area contributed by atoms with Gasteiger partial charge in [-0.2, -0.15) is 17.5 Å². The van der Waals surface area contributed by atoms with Gasteiger partial charge in [0.25, 0.3) is 5.91 Å². The highest BCUT2D eigenvalue weighted by atomic mass is 35.5. The van der Waals surface area contributed by atoms with Crippen LogP contribution < -0.4 is 10.1 Å². The maximum atomic E-state index is 12.8. The Morgan fingerprint density at radius 2 is 1.97 bits per heavy atom. The lowest BCUT2D eigenvalue weighted by Crippen LogP contribution is -2.40. The predicted molar refractivity (Wildman–Crippen MR) is 108 cm³/mol. The van der Waals surface area contributed by atoms with Crippen LogP contribution in [0.15, 0.2) is 41.4 Å². The zero-order chi connectivity index (χ0) is 23.4. The molecule has 13 heteroatoms. The SMILES string of the molecule is O=C(NCc1cccnc1OCC(F)(F)F)c1cc(S(=O)(=O)N2CCOCC2)ccc1Cl. The molecule has 1 amide bonds. The van der Waals surface area contributed by atoms with Gasteiger partial charge in [0.05, 0.1) is 28.7 Å². The van der Waals surface area contributed by atoms with Crippen LogP contribution in [0.4, 0.5) is 13.2 Å². The van der Waals surface area contributed by atoms with E-state index in [9.17, 15) is 26.4 Å². The van der Waals surface area contributed by atoms with E-state index in [2.05, 4.69) is 15.0 Å². The van der Waals surface area contributed by atoms with Gasteiger partial charge in [-0.15, -0.1) is 0 Å². The first kappa shape index (κ1) is 24.2. The van der Waals surface area contributed by atoms with Crippen molar-refractivity contribution in [3.05, 3.63) is 52.7 Å². The van der Waals surface area contributed by atoms with Crippen molar-refractivity contribution < 1.29 is 35.9 Å². The number of ether oxygens (including phenoxy) is 2. The average Bonchev–Trinajstić information content (AvgIpc) is 2.77. The minimum atomic E-state index is -4.54. The fourth-order valence-electron chi connectivity index (χ4n) is 2.88. The van der Waals surface area contributed by atoms with E-state index in [4.69, 9.17) is 16.3 Å². The van der Waals surface area contributed by atoms with E-state index in [-0.39, 0.29) is 59.8 Å². The molecule has 1 aromatic carbocycles. The number of hydrogen-bond acceptors (Lipinski definition) is 6. The predicted octanol–water partition coefficient (Wildman–Crippen LogP) is 2.63. The zero-order valence-corrected chi connectivity index (χ0v) is 18.1. The molecule has 1 aliphatic heterocycles. The third kappa shape index (κ3) is 6.09. The van der Waals surface area contributed by atoms with Gasteiger partial charge in [0, 0.05) is 31.4 Å². The maximum absolute atomic E-state index is 12.8. The summed E-state index contributed by atoms with van der Waals surface area (Å²) in [5.74, 6) is -0.987. The molecule has 0 saturated carbocycles. The van der Waals surface area contributed by atoms with Crippen LogP contribution in [0.2, 0.25) is 5.02 Å². The first-order valence-electron chi connectivity index (χ1n) is 9.37. The summed E-state index contributed by atoms with van der Waals surface area (Å²) in [5, 5.41) is 2.52. The number of morpholine rings is 1. The molecular weight excluding hydrogens is 475 g/mol. The second-order valence-electron chi connectivity index (χ2n) is 6.71. The number of sulfonamides is 1. The number of pyridine rings is 1. The van der Waals surface area contributed by atoms with Crippen LogP contribution in [0.1, 0.15) is 15.9 Å². The van der Waals surface area contributed by atoms with E-state index < -0.39 is 28.7 Å². The van der Waals surface area contributed by atoms with Crippen LogP contribution in [0.25, 0.3) is 0 Å². The third-order valence-corrected chi connectivity index (χ3v) is 6.68. The number of aromatic nitrogens is 1. The molecule has 1 N–H and O–H groups in total. The van der Waals surface area contributed by atoms with E-state index in [1.807, 2.05) is 0 Å². The largest absolute Gasteiger partial charge is 0.468 e. The molecule has 174 valence electrons. The lowest BCUT2D eigenvalue weighted by Gasteiger charge is -2.26. The lowest BCUT2D eigenvalue weighted by molar-refractivity contribution is -0.154. The number of nitrogens with zero attached hydrogens (tertiary/aromatic N) is 2. The Kier molecular flexibility index (Phi) is 7.59. The maximum Gasteiger partial charge on any atom is 0.422 e. The van der Waals surface area contributed by atoms with Crippen molar-refractivity contribution in [1.29, 1.82) is 0 Å². The van der Waals surface area contributed by atoms with Crippen LogP contribution >= 0.6 is 11.6 Å². The Morgan fingerprint density at radius 1 is 1.25 bits per heavy atom. The Labute approximate surface area is 187 Å². The first-order chi connectivity index (χ1) is 15.1. The van der Waals surface area contributed by atoms with Gasteiger partial charge in [-0.05, 0) is 24.3 Å². The van der Waals surface area contributed by atoms with E-state index in [1.54, 1.807) is 0 Å². The first-order valence-corrected chi connectivity index (χ1v) is 11.2. The fraction of sp³-hybridized carbons (Fsp3) is 0.368. The molecule has 0 unspecified atom stereocenters. The number of carbonyl (C=O) groups excluding carboxylic acids is 1. The molecule has 0 spiro atoms. The molecule has 1 aromatic heterocycles. The fourth-order valence-corrected chi connectivity index (χ4v) is 4.52. The molecule has 3 rings (SSSR count). The highest BCUT2D eigenvalue weighted by Crippen LogP contribution is 2.24. The number of alkyl halides is 3. The summed E-state index contributed by atoms with van der Waals surface area (Å²) < 4.78 is 74.0. The van der Waals surface area contributed by atoms with Gasteiger partial charge < -0.3 is 14.8 Å². The summed E-state index contributed by atoms with van der Waals surface area (Å²) in [5.41, 5.74) is 0.112. The molecule has 8 nitrogen and oxygen atoms in total. The number of hydrogen-bond donors (Lipinski definition) is 1. The van der Waals surface area contributed by atoms with Gasteiger partial charge in [0.15, 0.2) is 6.61 Å². The van der Waals surface area contributed by atoms with Crippen LogP contribution in [-0.2, 0) is 21.3 Å². The number of nitrogens with one attached hydrogen (secondary N) is 1. The summed E-state index contributed by atoms with van der Waals surface area (Å²) in [7, 11) is -3.85. The molecule has 0 bridgehead atoms. The Hall–Kier alpha value is -2.41. The summed E-state index contributed by atoms with van der Waals surface area (Å²) >= 11 is 6.09. The van der Waals surface area contributed by atoms with Crippen molar-refractivity contribution in [1.82, 2.24) is 14.6 Å². The van der Waals surface area contributed by atoms with Crippen LogP contribution in [0.3, 0.4) is 0 Å². The molecule has 32 heavy (non-hydrogen) atoms. The van der Waals surface area contributed by atoms with Gasteiger partial charge in [0.1, 0.15) is 0 Å². The Bertz CT molecular complexity index is 1080. The van der Waals surface area contributed by atoms with Crippen molar-refractivity contribution in [2.45, 2.75) is 17.6 Å². The summed E-state index contributed by atoms with van der Waals surface area (Å²) in [6.45, 7) is -0.828. The zero-order valence-electron chi connectivity index (χ0n) is 16.6. The topological polar surface area (TPSA) is 97.8 Å². The van der Waals surface area contributed by atoms with Gasteiger partial charge in [-0.3, -0.25) is 4.79 Å². The number of amides is 1. The normalized spacial score (nSPS) is 15.4. The Balaban J connectivity index is 1.74. The lowest BCUT2D eigenvalue weighted by atomic mass is 10.2. The molecule has 1 fully saturated rings. The minimum Gasteiger partial charge on any atom is -0.468 e. The van der Waals surface area contributed by atoms with Crippen molar-refractivity contribution >= 4 is 27.5 Å². The van der Waals surface area contributed by atoms with Crippen LogP contribution in [0, 0.1) is 0 Å². The molecule has 0 aliphatic carbocycles. The average molecular weight is 494 g/mol. The standard InChI is InChI=1S/C19H19ClF3N3O5S/c20-16-4-3-14(32(28,29)26-6-8-30-9-7-26)10-15(16)17(27)25-11-13-2-1-5-24-18(13)31-12-19(21,22)23/h1-5,10H,6-9,11-12H2,(H,25,27). The van der Waals surface area contributed by atoms with E-state index in [1.165, 1.54) is 34.8 Å². The van der Waals surface area contributed by atoms with Crippen LogP contribution in [-0.4, -0.2) is 62.7 Å². The van der Waals surface area contributed by atoms with Gasteiger partial charge in [0.2, 0.25) is 15.9 Å². The monoisotopic (exact) mass is 493 g/mol. The van der Waals surface area contributed by atoms with E-state index >= 15 is 0 Å². The molecule has 0 atom stereocenters. The quantitative estimate of drug-likeness (QED) is 0.637. The third-order valence-electron chi connectivity index (χ3n) is 4.45. The van der Waals surface area contributed by atoms with E-state index in [0.717, 1.165) is 6.07 Å². The minimum absolute atomic E-state index is 0.0168. The second-order valence-corrected chi connectivity index (χ2v) is 9.06. The highest BCUT2D eigenvalue weighted by molar-refractivity contribution is 7.89. The number of carbonyl (C=O) groups is 1. The smallest absolute Gasteiger partial charge is 0.422 e. The summed E-state index contributed by atoms with van der Waals surface area (Å²) in [6, 6.07) is 6.68. The molecule has 2 aromatic rings. The van der Waals surface area contributed by atoms with Gasteiger partial charge in [-0.1, -0.05) is 17.7 Å². The molecule has 0 radical (unpaired) electrons.